The van der Waals surface area contributed by atoms with Crippen molar-refractivity contribution in [2.24, 2.45) is 0 Å². The van der Waals surface area contributed by atoms with Crippen molar-refractivity contribution in [3.05, 3.63) is 70.0 Å². The lowest BCUT2D eigenvalue weighted by atomic mass is 10.1. The monoisotopic (exact) mass is 370 g/mol. The summed E-state index contributed by atoms with van der Waals surface area (Å²) in [7, 11) is 1.52. The standard InChI is InChI=1S/C18H18ClF3N2O/c1-11(13-7-6-12(20)8-17(13)22)23-9-18(25)24(2)10-14-15(19)4-3-5-16(14)21/h3-8,11,23H,9-10H2,1-2H3. The fourth-order valence-electron chi connectivity index (χ4n) is 2.35. The lowest BCUT2D eigenvalue weighted by Gasteiger charge is -2.21. The molecule has 0 heterocycles. The average molecular weight is 371 g/mol. The second-order valence-electron chi connectivity index (χ2n) is 5.72. The number of rotatable bonds is 6. The summed E-state index contributed by atoms with van der Waals surface area (Å²) in [4.78, 5) is 13.5. The number of hydrogen-bond donors (Lipinski definition) is 1. The van der Waals surface area contributed by atoms with E-state index in [-0.39, 0.29) is 35.1 Å². The SMILES string of the molecule is CC(NCC(=O)N(C)Cc1c(F)cccc1Cl)c1ccc(F)cc1F. The zero-order valence-electron chi connectivity index (χ0n) is 13.8. The smallest absolute Gasteiger partial charge is 0.236 e. The lowest BCUT2D eigenvalue weighted by Crippen LogP contribution is -2.36. The molecule has 0 saturated heterocycles. The Balaban J connectivity index is 1.95. The molecule has 7 heteroatoms. The molecule has 134 valence electrons. The maximum atomic E-state index is 13.8. The molecule has 0 fully saturated rings. The highest BCUT2D eigenvalue weighted by Crippen LogP contribution is 2.21. The van der Waals surface area contributed by atoms with Gasteiger partial charge in [0.2, 0.25) is 5.91 Å². The molecular formula is C18H18ClF3N2O. The predicted octanol–water partition coefficient (Wildman–Crippen LogP) is 4.07. The van der Waals surface area contributed by atoms with Gasteiger partial charge < -0.3 is 10.2 Å². The summed E-state index contributed by atoms with van der Waals surface area (Å²) < 4.78 is 40.4. The number of benzene rings is 2. The van der Waals surface area contributed by atoms with E-state index < -0.39 is 23.5 Å². The van der Waals surface area contributed by atoms with Crippen LogP contribution < -0.4 is 5.32 Å². The first-order valence-electron chi connectivity index (χ1n) is 7.64. The number of likely N-dealkylation sites (N-methyl/N-ethyl adjacent to an activating group) is 1. The Bertz CT molecular complexity index is 750. The average Bonchev–Trinajstić information content (AvgIpc) is 2.55. The minimum atomic E-state index is -0.682. The number of halogens is 4. The molecule has 0 aliphatic rings. The van der Waals surface area contributed by atoms with E-state index in [0.717, 1.165) is 12.1 Å². The van der Waals surface area contributed by atoms with Gasteiger partial charge in [0, 0.05) is 41.9 Å². The summed E-state index contributed by atoms with van der Waals surface area (Å²) in [6.07, 6.45) is 0. The van der Waals surface area contributed by atoms with Crippen molar-refractivity contribution >= 4 is 17.5 Å². The maximum absolute atomic E-state index is 13.8. The quantitative estimate of drug-likeness (QED) is 0.831. The third-order valence-electron chi connectivity index (χ3n) is 3.87. The molecule has 0 saturated carbocycles. The summed E-state index contributed by atoms with van der Waals surface area (Å²) in [5, 5.41) is 3.12. The number of nitrogens with zero attached hydrogens (tertiary/aromatic N) is 1. The normalized spacial score (nSPS) is 12.1. The highest BCUT2D eigenvalue weighted by molar-refractivity contribution is 6.31. The highest BCUT2D eigenvalue weighted by Gasteiger charge is 2.17. The van der Waals surface area contributed by atoms with Gasteiger partial charge in [-0.05, 0) is 25.1 Å². The van der Waals surface area contributed by atoms with E-state index in [1.165, 1.54) is 30.1 Å². The molecule has 1 N–H and O–H groups in total. The Labute approximate surface area is 149 Å². The molecule has 3 nitrogen and oxygen atoms in total. The Morgan fingerprint density at radius 2 is 1.92 bits per heavy atom. The van der Waals surface area contributed by atoms with E-state index in [1.54, 1.807) is 13.0 Å². The molecule has 2 rings (SSSR count). The Hall–Kier alpha value is -2.05. The molecule has 1 amide bonds. The first kappa shape index (κ1) is 19.3. The van der Waals surface area contributed by atoms with E-state index in [2.05, 4.69) is 5.32 Å². The molecule has 0 aliphatic carbocycles. The van der Waals surface area contributed by atoms with Crippen molar-refractivity contribution in [2.75, 3.05) is 13.6 Å². The number of carbonyl (C=O) groups is 1. The van der Waals surface area contributed by atoms with Crippen LogP contribution in [-0.4, -0.2) is 24.4 Å². The van der Waals surface area contributed by atoms with E-state index in [1.807, 2.05) is 0 Å². The van der Waals surface area contributed by atoms with Gasteiger partial charge in [-0.3, -0.25) is 4.79 Å². The van der Waals surface area contributed by atoms with E-state index in [9.17, 15) is 18.0 Å². The van der Waals surface area contributed by atoms with Crippen LogP contribution >= 0.6 is 11.6 Å². The van der Waals surface area contributed by atoms with Gasteiger partial charge in [0.25, 0.3) is 0 Å². The van der Waals surface area contributed by atoms with E-state index >= 15 is 0 Å². The van der Waals surface area contributed by atoms with Gasteiger partial charge in [0.15, 0.2) is 0 Å². The molecule has 25 heavy (non-hydrogen) atoms. The minimum Gasteiger partial charge on any atom is -0.340 e. The van der Waals surface area contributed by atoms with Crippen LogP contribution in [0, 0.1) is 17.5 Å². The zero-order chi connectivity index (χ0) is 18.6. The summed E-state index contributed by atoms with van der Waals surface area (Å²) in [6, 6.07) is 7.11. The number of nitrogens with one attached hydrogen (secondary N) is 1. The third kappa shape index (κ3) is 4.96. The summed E-state index contributed by atoms with van der Waals surface area (Å²) in [5.41, 5.74) is 0.492. The summed E-state index contributed by atoms with van der Waals surface area (Å²) in [5.74, 6) is -2.14. The molecular weight excluding hydrogens is 353 g/mol. The topological polar surface area (TPSA) is 32.3 Å². The minimum absolute atomic E-state index is 0.0192. The van der Waals surface area contributed by atoms with Gasteiger partial charge in [-0.15, -0.1) is 0 Å². The molecule has 0 radical (unpaired) electrons. The molecule has 0 bridgehead atoms. The lowest BCUT2D eigenvalue weighted by molar-refractivity contribution is -0.129. The van der Waals surface area contributed by atoms with Gasteiger partial charge in [0.1, 0.15) is 17.5 Å². The third-order valence-corrected chi connectivity index (χ3v) is 4.23. The van der Waals surface area contributed by atoms with E-state index in [4.69, 9.17) is 11.6 Å². The van der Waals surface area contributed by atoms with Crippen molar-refractivity contribution < 1.29 is 18.0 Å². The van der Waals surface area contributed by atoms with Crippen LogP contribution in [-0.2, 0) is 11.3 Å². The van der Waals surface area contributed by atoms with Gasteiger partial charge in [-0.2, -0.15) is 0 Å². The largest absolute Gasteiger partial charge is 0.340 e. The van der Waals surface area contributed by atoms with Crippen molar-refractivity contribution in [1.29, 1.82) is 0 Å². The predicted molar refractivity (Wildman–Crippen MR) is 90.7 cm³/mol. The first-order chi connectivity index (χ1) is 11.8. The first-order valence-corrected chi connectivity index (χ1v) is 8.02. The molecule has 0 spiro atoms. The van der Waals surface area contributed by atoms with Crippen LogP contribution in [0.1, 0.15) is 24.1 Å². The molecule has 2 aromatic carbocycles. The number of carbonyl (C=O) groups excluding carboxylic acids is 1. The highest BCUT2D eigenvalue weighted by atomic mass is 35.5. The summed E-state index contributed by atoms with van der Waals surface area (Å²) >= 11 is 5.95. The molecule has 2 aromatic rings. The van der Waals surface area contributed by atoms with Crippen molar-refractivity contribution in [3.63, 3.8) is 0 Å². The Morgan fingerprint density at radius 1 is 1.20 bits per heavy atom. The molecule has 1 unspecified atom stereocenters. The van der Waals surface area contributed by atoms with Crippen LogP contribution in [0.2, 0.25) is 5.02 Å². The van der Waals surface area contributed by atoms with Crippen molar-refractivity contribution in [2.45, 2.75) is 19.5 Å². The number of amides is 1. The van der Waals surface area contributed by atoms with Gasteiger partial charge in [-0.1, -0.05) is 23.7 Å². The van der Waals surface area contributed by atoms with Gasteiger partial charge >= 0.3 is 0 Å². The van der Waals surface area contributed by atoms with Gasteiger partial charge in [-0.25, -0.2) is 13.2 Å². The van der Waals surface area contributed by atoms with Crippen LogP contribution in [0.3, 0.4) is 0 Å². The van der Waals surface area contributed by atoms with Crippen LogP contribution in [0.5, 0.6) is 0 Å². The van der Waals surface area contributed by atoms with Crippen LogP contribution in [0.15, 0.2) is 36.4 Å². The Morgan fingerprint density at radius 3 is 2.56 bits per heavy atom. The fraction of sp³-hybridized carbons (Fsp3) is 0.278. The molecule has 1 atom stereocenters. The fourth-order valence-corrected chi connectivity index (χ4v) is 2.57. The van der Waals surface area contributed by atoms with Crippen LogP contribution in [0.25, 0.3) is 0 Å². The Kier molecular flexibility index (Phi) is 6.45. The number of hydrogen-bond acceptors (Lipinski definition) is 2. The van der Waals surface area contributed by atoms with Crippen LogP contribution in [0.4, 0.5) is 13.2 Å². The van der Waals surface area contributed by atoms with Crippen molar-refractivity contribution in [1.82, 2.24) is 10.2 Å². The summed E-state index contributed by atoms with van der Waals surface area (Å²) in [6.45, 7) is 1.60. The second-order valence-corrected chi connectivity index (χ2v) is 6.13. The molecule has 0 aromatic heterocycles. The van der Waals surface area contributed by atoms with Gasteiger partial charge in [0.05, 0.1) is 6.54 Å². The maximum Gasteiger partial charge on any atom is 0.236 e. The van der Waals surface area contributed by atoms with E-state index in [0.29, 0.717) is 0 Å². The molecule has 0 aliphatic heterocycles. The second kappa shape index (κ2) is 8.36. The zero-order valence-corrected chi connectivity index (χ0v) is 14.6. The van der Waals surface area contributed by atoms with Crippen molar-refractivity contribution in [3.8, 4) is 0 Å².